The molecule has 0 saturated carbocycles. The van der Waals surface area contributed by atoms with Crippen molar-refractivity contribution in [3.05, 3.63) is 54.1 Å². The van der Waals surface area contributed by atoms with Gasteiger partial charge < -0.3 is 10.1 Å². The van der Waals surface area contributed by atoms with E-state index < -0.39 is 16.1 Å². The first-order valence-corrected chi connectivity index (χ1v) is 11.3. The lowest BCUT2D eigenvalue weighted by Gasteiger charge is -2.36. The molecule has 1 aliphatic heterocycles. The highest BCUT2D eigenvalue weighted by atomic mass is 32.2. The van der Waals surface area contributed by atoms with Crippen LogP contribution in [0.2, 0.25) is 0 Å². The third-order valence-electron chi connectivity index (χ3n) is 4.87. The van der Waals surface area contributed by atoms with E-state index in [0.29, 0.717) is 18.0 Å². The second kappa shape index (κ2) is 8.06. The molecule has 1 unspecified atom stereocenters. The summed E-state index contributed by atoms with van der Waals surface area (Å²) >= 11 is 0. The molecule has 3 rings (SSSR count). The molecule has 0 saturated heterocycles. The highest BCUT2D eigenvalue weighted by Gasteiger charge is 2.38. The summed E-state index contributed by atoms with van der Waals surface area (Å²) in [6.45, 7) is 8.59. The monoisotopic (exact) mass is 416 g/mol. The van der Waals surface area contributed by atoms with Crippen LogP contribution in [0.25, 0.3) is 0 Å². The predicted molar refractivity (Wildman–Crippen MR) is 114 cm³/mol. The van der Waals surface area contributed by atoms with Gasteiger partial charge in [-0.05, 0) is 41.7 Å². The minimum Gasteiger partial charge on any atom is -0.476 e. The van der Waals surface area contributed by atoms with Crippen LogP contribution in [0, 0.1) is 0 Å². The topological polar surface area (TPSA) is 75.7 Å². The molecule has 1 atom stereocenters. The number of carbonyl (C=O) groups excluding carboxylic acids is 1. The van der Waals surface area contributed by atoms with Crippen molar-refractivity contribution < 1.29 is 17.9 Å². The van der Waals surface area contributed by atoms with Crippen molar-refractivity contribution in [1.82, 2.24) is 5.32 Å². The molecule has 0 fully saturated rings. The second-order valence-corrected chi connectivity index (χ2v) is 10.0. The van der Waals surface area contributed by atoms with Crippen LogP contribution in [0.4, 0.5) is 5.69 Å². The fourth-order valence-corrected chi connectivity index (χ4v) is 4.65. The van der Waals surface area contributed by atoms with Gasteiger partial charge in [-0.2, -0.15) is 0 Å². The maximum absolute atomic E-state index is 13.4. The average molecular weight is 417 g/mol. The molecule has 1 heterocycles. The van der Waals surface area contributed by atoms with Gasteiger partial charge in [0.05, 0.1) is 17.1 Å². The fraction of sp³-hybridized carbons (Fsp3) is 0.409. The summed E-state index contributed by atoms with van der Waals surface area (Å²) in [4.78, 5) is 12.7. The van der Waals surface area contributed by atoms with E-state index in [0.717, 1.165) is 12.0 Å². The molecule has 29 heavy (non-hydrogen) atoms. The molecule has 7 heteroatoms. The number of amides is 1. The van der Waals surface area contributed by atoms with Crippen LogP contribution in [0.5, 0.6) is 5.75 Å². The van der Waals surface area contributed by atoms with Gasteiger partial charge in [-0.25, -0.2) is 8.42 Å². The Morgan fingerprint density at radius 3 is 2.48 bits per heavy atom. The summed E-state index contributed by atoms with van der Waals surface area (Å²) in [5.74, 6) is 0.0751. The fourth-order valence-electron chi connectivity index (χ4n) is 3.16. The lowest BCUT2D eigenvalue weighted by molar-refractivity contribution is -0.127. The Hall–Kier alpha value is -2.54. The molecule has 6 nitrogen and oxygen atoms in total. The second-order valence-electron chi connectivity index (χ2n) is 8.18. The number of fused-ring (bicyclic) bond motifs is 1. The minimum absolute atomic E-state index is 0.0760. The number of rotatable bonds is 5. The van der Waals surface area contributed by atoms with E-state index in [2.05, 4.69) is 26.1 Å². The lowest BCUT2D eigenvalue weighted by Crippen LogP contribution is -2.50. The number of benzene rings is 2. The molecule has 0 aliphatic carbocycles. The van der Waals surface area contributed by atoms with Gasteiger partial charge in [0.1, 0.15) is 5.75 Å². The molecule has 1 N–H and O–H groups in total. The molecule has 2 aromatic rings. The molecule has 0 aromatic heterocycles. The van der Waals surface area contributed by atoms with Crippen molar-refractivity contribution in [2.45, 2.75) is 50.5 Å². The van der Waals surface area contributed by atoms with Crippen molar-refractivity contribution >= 4 is 21.6 Å². The van der Waals surface area contributed by atoms with Crippen LogP contribution < -0.4 is 14.4 Å². The van der Waals surface area contributed by atoms with Gasteiger partial charge in [0.25, 0.3) is 15.9 Å². The Morgan fingerprint density at radius 2 is 1.86 bits per heavy atom. The zero-order valence-corrected chi connectivity index (χ0v) is 18.1. The van der Waals surface area contributed by atoms with E-state index in [4.69, 9.17) is 4.74 Å². The van der Waals surface area contributed by atoms with Gasteiger partial charge in [-0.1, -0.05) is 52.0 Å². The summed E-state index contributed by atoms with van der Waals surface area (Å²) < 4.78 is 34.1. The van der Waals surface area contributed by atoms with Crippen molar-refractivity contribution in [3.63, 3.8) is 0 Å². The third-order valence-corrected chi connectivity index (χ3v) is 6.66. The number of ether oxygens (including phenoxy) is 1. The summed E-state index contributed by atoms with van der Waals surface area (Å²) in [6, 6.07) is 13.8. The summed E-state index contributed by atoms with van der Waals surface area (Å²) in [5, 5.41) is 2.79. The number of anilines is 1. The Balaban J connectivity index is 2.08. The third kappa shape index (κ3) is 4.40. The van der Waals surface area contributed by atoms with E-state index in [1.165, 1.54) is 4.31 Å². The first-order chi connectivity index (χ1) is 13.6. The maximum Gasteiger partial charge on any atom is 0.264 e. The number of hydrogen-bond acceptors (Lipinski definition) is 4. The smallest absolute Gasteiger partial charge is 0.264 e. The first-order valence-electron chi connectivity index (χ1n) is 9.81. The Morgan fingerprint density at radius 1 is 1.17 bits per heavy atom. The number of sulfonamides is 1. The number of nitrogens with one attached hydrogen (secondary N) is 1. The molecule has 1 aliphatic rings. The van der Waals surface area contributed by atoms with Gasteiger partial charge in [-0.15, -0.1) is 0 Å². The van der Waals surface area contributed by atoms with Gasteiger partial charge in [0.15, 0.2) is 6.10 Å². The van der Waals surface area contributed by atoms with Crippen molar-refractivity contribution in [1.29, 1.82) is 0 Å². The Labute approximate surface area is 172 Å². The molecule has 2 aromatic carbocycles. The van der Waals surface area contributed by atoms with Crippen LogP contribution in [0.15, 0.2) is 53.4 Å². The molecule has 156 valence electrons. The zero-order chi connectivity index (χ0) is 21.2. The number of hydrogen-bond donors (Lipinski definition) is 1. The molecule has 1 amide bonds. The van der Waals surface area contributed by atoms with Crippen molar-refractivity contribution in [3.8, 4) is 5.75 Å². The largest absolute Gasteiger partial charge is 0.476 e. The normalized spacial score (nSPS) is 16.7. The summed E-state index contributed by atoms with van der Waals surface area (Å²) in [5.41, 5.74) is 1.29. The maximum atomic E-state index is 13.4. The molecular formula is C22H28N2O4S. The van der Waals surface area contributed by atoms with E-state index in [1.807, 2.05) is 19.1 Å². The van der Waals surface area contributed by atoms with Gasteiger partial charge in [-0.3, -0.25) is 9.10 Å². The minimum atomic E-state index is -3.85. The van der Waals surface area contributed by atoms with Gasteiger partial charge in [0.2, 0.25) is 0 Å². The van der Waals surface area contributed by atoms with Gasteiger partial charge in [0, 0.05) is 6.54 Å². The van der Waals surface area contributed by atoms with Crippen molar-refractivity contribution in [2.75, 3.05) is 17.4 Å². The Bertz CT molecular complexity index is 982. The van der Waals surface area contributed by atoms with Crippen LogP contribution >= 0.6 is 0 Å². The van der Waals surface area contributed by atoms with Crippen LogP contribution in [0.3, 0.4) is 0 Å². The predicted octanol–water partition coefficient (Wildman–Crippen LogP) is 3.47. The zero-order valence-electron chi connectivity index (χ0n) is 17.3. The van der Waals surface area contributed by atoms with E-state index in [1.54, 1.807) is 36.4 Å². The van der Waals surface area contributed by atoms with E-state index >= 15 is 0 Å². The van der Waals surface area contributed by atoms with Gasteiger partial charge >= 0.3 is 0 Å². The number of carbonyl (C=O) groups is 1. The van der Waals surface area contributed by atoms with Crippen LogP contribution in [-0.4, -0.2) is 33.5 Å². The van der Waals surface area contributed by atoms with E-state index in [-0.39, 0.29) is 22.8 Å². The SMILES string of the molecule is CCCNC(=O)C1CN(S(=O)(=O)c2ccccc2)c2cc(C(C)(C)C)ccc2O1. The quantitative estimate of drug-likeness (QED) is 0.810. The average Bonchev–Trinajstić information content (AvgIpc) is 2.70. The number of nitrogens with zero attached hydrogens (tertiary/aromatic N) is 1. The summed E-state index contributed by atoms with van der Waals surface area (Å²) in [7, 11) is -3.85. The molecule has 0 radical (unpaired) electrons. The molecule has 0 bridgehead atoms. The van der Waals surface area contributed by atoms with Crippen molar-refractivity contribution in [2.24, 2.45) is 0 Å². The van der Waals surface area contributed by atoms with E-state index in [9.17, 15) is 13.2 Å². The van der Waals surface area contributed by atoms with Crippen LogP contribution in [-0.2, 0) is 20.2 Å². The first kappa shape index (κ1) is 21.2. The standard InChI is InChI=1S/C22H28N2O4S/c1-5-13-23-21(25)20-15-24(29(26,27)17-9-7-6-8-10-17)18-14-16(22(2,3)4)11-12-19(18)28-20/h6-12,14,20H,5,13,15H2,1-4H3,(H,23,25). The Kier molecular flexibility index (Phi) is 5.89. The molecule has 0 spiro atoms. The summed E-state index contributed by atoms with van der Waals surface area (Å²) in [6.07, 6.45) is -0.122. The molecular weight excluding hydrogens is 388 g/mol. The highest BCUT2D eigenvalue weighted by Crippen LogP contribution is 2.40. The highest BCUT2D eigenvalue weighted by molar-refractivity contribution is 7.92. The lowest BCUT2D eigenvalue weighted by atomic mass is 9.86. The van der Waals surface area contributed by atoms with Crippen LogP contribution in [0.1, 0.15) is 39.7 Å².